The van der Waals surface area contributed by atoms with Gasteiger partial charge < -0.3 is 4.90 Å². The number of benzene rings is 1. The molecule has 1 aliphatic heterocycles. The number of amides is 1. The molecule has 1 saturated carbocycles. The molecule has 1 aliphatic carbocycles. The average molecular weight is 341 g/mol. The molecule has 0 atom stereocenters. The SMILES string of the molecule is CCCCC1CCC(C(=O)N2CCCc3ccc(C(C)=O)cc32)CC1. The van der Waals surface area contributed by atoms with Crippen molar-refractivity contribution in [3.63, 3.8) is 0 Å². The fraction of sp³-hybridized carbons (Fsp3) is 0.636. The van der Waals surface area contributed by atoms with Crippen LogP contribution in [0.25, 0.3) is 0 Å². The first-order valence-electron chi connectivity index (χ1n) is 10.1. The number of fused-ring (bicyclic) bond motifs is 1. The number of unbranched alkanes of at least 4 members (excludes halogenated alkanes) is 1. The second-order valence-corrected chi connectivity index (χ2v) is 7.85. The van der Waals surface area contributed by atoms with Gasteiger partial charge in [-0.05, 0) is 63.0 Å². The zero-order chi connectivity index (χ0) is 17.8. The quantitative estimate of drug-likeness (QED) is 0.693. The highest BCUT2D eigenvalue weighted by Crippen LogP contribution is 2.36. The van der Waals surface area contributed by atoms with Gasteiger partial charge in [0.2, 0.25) is 5.91 Å². The number of carbonyl (C=O) groups excluding carboxylic acids is 2. The van der Waals surface area contributed by atoms with Crippen LogP contribution in [0.1, 0.15) is 81.1 Å². The minimum Gasteiger partial charge on any atom is -0.312 e. The maximum absolute atomic E-state index is 13.2. The smallest absolute Gasteiger partial charge is 0.230 e. The van der Waals surface area contributed by atoms with Crippen molar-refractivity contribution >= 4 is 17.4 Å². The first-order chi connectivity index (χ1) is 12.1. The molecule has 1 amide bonds. The number of hydrogen-bond donors (Lipinski definition) is 0. The van der Waals surface area contributed by atoms with Gasteiger partial charge in [0.1, 0.15) is 0 Å². The van der Waals surface area contributed by atoms with Crippen LogP contribution in [0.4, 0.5) is 5.69 Å². The topological polar surface area (TPSA) is 37.4 Å². The average Bonchev–Trinajstić information content (AvgIpc) is 2.65. The summed E-state index contributed by atoms with van der Waals surface area (Å²) in [4.78, 5) is 26.9. The predicted octanol–water partition coefficient (Wildman–Crippen LogP) is 5.17. The lowest BCUT2D eigenvalue weighted by Crippen LogP contribution is -2.41. The van der Waals surface area contributed by atoms with E-state index in [9.17, 15) is 9.59 Å². The standard InChI is InChI=1S/C22H31NO2/c1-3-4-6-17-8-10-19(11-9-17)22(25)23-14-5-7-18-12-13-20(16(2)24)15-21(18)23/h12-13,15,17,19H,3-11,14H2,1-2H3. The van der Waals surface area contributed by atoms with Crippen molar-refractivity contribution in [2.24, 2.45) is 11.8 Å². The van der Waals surface area contributed by atoms with E-state index in [1.54, 1.807) is 6.92 Å². The molecular weight excluding hydrogens is 310 g/mol. The highest BCUT2D eigenvalue weighted by Gasteiger charge is 2.32. The van der Waals surface area contributed by atoms with Gasteiger partial charge in [-0.15, -0.1) is 0 Å². The van der Waals surface area contributed by atoms with Crippen LogP contribution in [-0.2, 0) is 11.2 Å². The van der Waals surface area contributed by atoms with Gasteiger partial charge in [0, 0.05) is 23.7 Å². The number of anilines is 1. The predicted molar refractivity (Wildman–Crippen MR) is 102 cm³/mol. The number of Topliss-reactive ketones (excluding diaryl/α,β-unsaturated/α-hetero) is 1. The zero-order valence-corrected chi connectivity index (χ0v) is 15.7. The summed E-state index contributed by atoms with van der Waals surface area (Å²) in [6.07, 6.45) is 10.4. The van der Waals surface area contributed by atoms with Crippen LogP contribution in [0.2, 0.25) is 0 Å². The van der Waals surface area contributed by atoms with E-state index in [1.165, 1.54) is 37.7 Å². The van der Waals surface area contributed by atoms with Gasteiger partial charge in [-0.1, -0.05) is 38.3 Å². The monoisotopic (exact) mass is 341 g/mol. The summed E-state index contributed by atoms with van der Waals surface area (Å²) in [5, 5.41) is 0. The van der Waals surface area contributed by atoms with E-state index in [0.29, 0.717) is 5.56 Å². The highest BCUT2D eigenvalue weighted by atomic mass is 16.2. The highest BCUT2D eigenvalue weighted by molar-refractivity contribution is 5.99. The second kappa shape index (κ2) is 8.16. The van der Waals surface area contributed by atoms with Crippen molar-refractivity contribution in [2.75, 3.05) is 11.4 Å². The largest absolute Gasteiger partial charge is 0.312 e. The molecule has 1 aromatic carbocycles. The Labute approximate surface area is 151 Å². The molecule has 0 bridgehead atoms. The Morgan fingerprint density at radius 2 is 1.92 bits per heavy atom. The van der Waals surface area contributed by atoms with Crippen LogP contribution < -0.4 is 4.90 Å². The van der Waals surface area contributed by atoms with E-state index in [0.717, 1.165) is 43.8 Å². The van der Waals surface area contributed by atoms with E-state index in [2.05, 4.69) is 6.92 Å². The molecule has 1 fully saturated rings. The van der Waals surface area contributed by atoms with Crippen LogP contribution in [-0.4, -0.2) is 18.2 Å². The van der Waals surface area contributed by atoms with E-state index >= 15 is 0 Å². The molecule has 0 aromatic heterocycles. The molecule has 0 radical (unpaired) electrons. The van der Waals surface area contributed by atoms with Gasteiger partial charge in [-0.3, -0.25) is 9.59 Å². The molecule has 25 heavy (non-hydrogen) atoms. The third kappa shape index (κ3) is 4.13. The Balaban J connectivity index is 1.70. The first kappa shape index (κ1) is 18.2. The number of ketones is 1. The lowest BCUT2D eigenvalue weighted by molar-refractivity contribution is -0.123. The van der Waals surface area contributed by atoms with E-state index in [4.69, 9.17) is 0 Å². The third-order valence-corrected chi connectivity index (χ3v) is 6.04. The second-order valence-electron chi connectivity index (χ2n) is 7.85. The summed E-state index contributed by atoms with van der Waals surface area (Å²) in [5.41, 5.74) is 2.90. The lowest BCUT2D eigenvalue weighted by Gasteiger charge is -2.35. The fourth-order valence-corrected chi connectivity index (χ4v) is 4.43. The Bertz CT molecular complexity index is 629. The molecular formula is C22H31NO2. The van der Waals surface area contributed by atoms with Crippen LogP contribution in [0.5, 0.6) is 0 Å². The number of carbonyl (C=O) groups is 2. The van der Waals surface area contributed by atoms with Gasteiger partial charge in [-0.2, -0.15) is 0 Å². The fourth-order valence-electron chi connectivity index (χ4n) is 4.43. The van der Waals surface area contributed by atoms with Crippen LogP contribution >= 0.6 is 0 Å². The summed E-state index contributed by atoms with van der Waals surface area (Å²) < 4.78 is 0. The molecule has 1 heterocycles. The van der Waals surface area contributed by atoms with E-state index in [1.807, 2.05) is 23.1 Å². The molecule has 0 saturated heterocycles. The Hall–Kier alpha value is -1.64. The maximum Gasteiger partial charge on any atom is 0.230 e. The Kier molecular flexibility index (Phi) is 5.93. The lowest BCUT2D eigenvalue weighted by atomic mass is 9.79. The van der Waals surface area contributed by atoms with Gasteiger partial charge >= 0.3 is 0 Å². The molecule has 0 N–H and O–H groups in total. The molecule has 0 spiro atoms. The molecule has 3 rings (SSSR count). The van der Waals surface area contributed by atoms with E-state index in [-0.39, 0.29) is 17.6 Å². The van der Waals surface area contributed by atoms with Gasteiger partial charge in [0.25, 0.3) is 0 Å². The zero-order valence-electron chi connectivity index (χ0n) is 15.7. The van der Waals surface area contributed by atoms with Crippen molar-refractivity contribution < 1.29 is 9.59 Å². The molecule has 1 aromatic rings. The van der Waals surface area contributed by atoms with Crippen molar-refractivity contribution in [2.45, 2.75) is 71.6 Å². The summed E-state index contributed by atoms with van der Waals surface area (Å²) in [5.74, 6) is 1.35. The number of hydrogen-bond acceptors (Lipinski definition) is 2. The van der Waals surface area contributed by atoms with Gasteiger partial charge in [0.05, 0.1) is 0 Å². The summed E-state index contributed by atoms with van der Waals surface area (Å²) in [6, 6.07) is 5.86. The third-order valence-electron chi connectivity index (χ3n) is 6.04. The minimum atomic E-state index is 0.0669. The van der Waals surface area contributed by atoms with Crippen LogP contribution in [0, 0.1) is 11.8 Å². The number of rotatable bonds is 5. The van der Waals surface area contributed by atoms with E-state index < -0.39 is 0 Å². The molecule has 3 nitrogen and oxygen atoms in total. The van der Waals surface area contributed by atoms with Gasteiger partial charge in [0.15, 0.2) is 5.78 Å². The molecule has 3 heteroatoms. The van der Waals surface area contributed by atoms with Crippen molar-refractivity contribution in [1.82, 2.24) is 0 Å². The summed E-state index contributed by atoms with van der Waals surface area (Å²) in [7, 11) is 0. The maximum atomic E-state index is 13.2. The Morgan fingerprint density at radius 3 is 2.60 bits per heavy atom. The van der Waals surface area contributed by atoms with Crippen LogP contribution in [0.3, 0.4) is 0 Å². The van der Waals surface area contributed by atoms with Crippen molar-refractivity contribution in [3.8, 4) is 0 Å². The first-order valence-corrected chi connectivity index (χ1v) is 10.1. The Morgan fingerprint density at radius 1 is 1.16 bits per heavy atom. The molecule has 136 valence electrons. The van der Waals surface area contributed by atoms with Crippen LogP contribution in [0.15, 0.2) is 18.2 Å². The number of aryl methyl sites for hydroxylation is 1. The minimum absolute atomic E-state index is 0.0669. The summed E-state index contributed by atoms with van der Waals surface area (Å²) in [6.45, 7) is 4.63. The van der Waals surface area contributed by atoms with Crippen molar-refractivity contribution in [3.05, 3.63) is 29.3 Å². The van der Waals surface area contributed by atoms with Gasteiger partial charge in [-0.25, -0.2) is 0 Å². The summed E-state index contributed by atoms with van der Waals surface area (Å²) >= 11 is 0. The normalized spacial score (nSPS) is 23.2. The number of nitrogens with zero attached hydrogens (tertiary/aromatic N) is 1. The molecule has 0 unspecified atom stereocenters. The molecule has 2 aliphatic rings. The van der Waals surface area contributed by atoms with Crippen molar-refractivity contribution in [1.29, 1.82) is 0 Å².